The van der Waals surface area contributed by atoms with Crippen molar-refractivity contribution >= 4 is 11.9 Å². The minimum atomic E-state index is -1.10. The summed E-state index contributed by atoms with van der Waals surface area (Å²) in [5.74, 6) is -1.33. The maximum Gasteiger partial charge on any atom is 0.312 e. The Balaban J connectivity index is 3.59. The van der Waals surface area contributed by atoms with Gasteiger partial charge >= 0.3 is 11.9 Å². The molecule has 17 heavy (non-hydrogen) atoms. The highest BCUT2D eigenvalue weighted by molar-refractivity contribution is 5.73. The lowest BCUT2D eigenvalue weighted by Gasteiger charge is -2.05. The Morgan fingerprint density at radius 3 is 2.53 bits per heavy atom. The van der Waals surface area contributed by atoms with Crippen molar-refractivity contribution in [3.8, 4) is 0 Å². The minimum Gasteiger partial charge on any atom is -0.481 e. The molecule has 1 atom stereocenters. The average molecular weight is 243 g/mol. The fraction of sp³-hybridized carbons (Fsp3) is 0.800. The first-order chi connectivity index (χ1) is 8.11. The average Bonchev–Trinajstić information content (AvgIpc) is 2.31. The van der Waals surface area contributed by atoms with Crippen LogP contribution in [0.15, 0.2) is 5.11 Å². The third-order valence-corrected chi connectivity index (χ3v) is 2.31. The lowest BCUT2D eigenvalue weighted by Crippen LogP contribution is -2.16. The highest BCUT2D eigenvalue weighted by Crippen LogP contribution is 2.10. The summed E-state index contributed by atoms with van der Waals surface area (Å²) >= 11 is 0. The summed E-state index contributed by atoms with van der Waals surface area (Å²) in [6.07, 6.45) is 3.75. The van der Waals surface area contributed by atoms with Crippen LogP contribution in [0.3, 0.4) is 0 Å². The number of carbonyl (C=O) groups is 2. The number of ether oxygens (including phenoxy) is 1. The number of rotatable bonds is 9. The van der Waals surface area contributed by atoms with Crippen LogP contribution in [0.4, 0.5) is 0 Å². The molecule has 0 amide bonds. The van der Waals surface area contributed by atoms with Crippen molar-refractivity contribution in [3.63, 3.8) is 0 Å². The van der Waals surface area contributed by atoms with E-state index in [1.165, 1.54) is 7.11 Å². The summed E-state index contributed by atoms with van der Waals surface area (Å²) < 4.78 is 4.49. The van der Waals surface area contributed by atoms with E-state index in [0.717, 1.165) is 19.3 Å². The summed E-state index contributed by atoms with van der Waals surface area (Å²) in [5.41, 5.74) is 8.16. The molecule has 0 aromatic heterocycles. The molecular weight excluding hydrogens is 226 g/mol. The second-order valence-electron chi connectivity index (χ2n) is 3.59. The summed E-state index contributed by atoms with van der Waals surface area (Å²) in [6.45, 7) is 0. The Labute approximate surface area is 99.4 Å². The van der Waals surface area contributed by atoms with Crippen LogP contribution in [-0.2, 0) is 14.3 Å². The molecular formula is C10H17N3O4. The van der Waals surface area contributed by atoms with Gasteiger partial charge in [-0.2, -0.15) is 0 Å². The van der Waals surface area contributed by atoms with Crippen molar-refractivity contribution in [2.45, 2.75) is 44.6 Å². The molecule has 0 spiro atoms. The molecule has 0 aliphatic carbocycles. The number of aliphatic carboxylic acids is 1. The minimum absolute atomic E-state index is 0.234. The van der Waals surface area contributed by atoms with Crippen LogP contribution in [0, 0.1) is 0 Å². The van der Waals surface area contributed by atoms with E-state index in [4.69, 9.17) is 10.6 Å². The molecule has 0 heterocycles. The van der Waals surface area contributed by atoms with Gasteiger partial charge in [-0.1, -0.05) is 24.4 Å². The number of hydrogen-bond donors (Lipinski definition) is 1. The highest BCUT2D eigenvalue weighted by Gasteiger charge is 2.14. The van der Waals surface area contributed by atoms with Crippen LogP contribution in [0.5, 0.6) is 0 Å². The maximum atomic E-state index is 10.8. The molecule has 0 rings (SSSR count). The van der Waals surface area contributed by atoms with Crippen LogP contribution >= 0.6 is 0 Å². The summed E-state index contributed by atoms with van der Waals surface area (Å²) in [7, 11) is 1.35. The van der Waals surface area contributed by atoms with Crippen molar-refractivity contribution in [1.29, 1.82) is 0 Å². The molecule has 0 saturated carbocycles. The Kier molecular flexibility index (Phi) is 8.50. The van der Waals surface area contributed by atoms with E-state index >= 15 is 0 Å². The predicted octanol–water partition coefficient (Wildman–Crippen LogP) is 2.26. The van der Waals surface area contributed by atoms with Crippen LogP contribution in [0.25, 0.3) is 10.4 Å². The standard InChI is InChI=1S/C10H17N3O4/c1-17-9(14)7-5-3-2-4-6-8(10(15)16)12-13-11/h8H,2-7H2,1H3,(H,15,16). The van der Waals surface area contributed by atoms with E-state index in [9.17, 15) is 9.59 Å². The number of nitrogens with zero attached hydrogens (tertiary/aromatic N) is 3. The molecule has 7 nitrogen and oxygen atoms in total. The molecule has 0 aliphatic heterocycles. The zero-order valence-corrected chi connectivity index (χ0v) is 9.83. The van der Waals surface area contributed by atoms with Gasteiger partial charge in [0.05, 0.1) is 7.11 Å². The molecule has 0 saturated heterocycles. The van der Waals surface area contributed by atoms with Gasteiger partial charge in [0.15, 0.2) is 0 Å². The fourth-order valence-corrected chi connectivity index (χ4v) is 1.36. The molecule has 7 heteroatoms. The zero-order chi connectivity index (χ0) is 13.1. The van der Waals surface area contributed by atoms with Gasteiger partial charge in [-0.15, -0.1) is 0 Å². The van der Waals surface area contributed by atoms with Gasteiger partial charge in [0, 0.05) is 11.3 Å². The van der Waals surface area contributed by atoms with Gasteiger partial charge in [0.25, 0.3) is 0 Å². The third kappa shape index (κ3) is 8.10. The Morgan fingerprint density at radius 2 is 2.00 bits per heavy atom. The number of azide groups is 1. The van der Waals surface area contributed by atoms with E-state index in [-0.39, 0.29) is 5.97 Å². The number of esters is 1. The molecule has 0 radical (unpaired) electrons. The van der Waals surface area contributed by atoms with Crippen molar-refractivity contribution < 1.29 is 19.4 Å². The first-order valence-corrected chi connectivity index (χ1v) is 5.45. The van der Waals surface area contributed by atoms with Crippen LogP contribution < -0.4 is 0 Å². The lowest BCUT2D eigenvalue weighted by atomic mass is 10.1. The predicted molar refractivity (Wildman–Crippen MR) is 60.3 cm³/mol. The molecule has 0 aromatic rings. The van der Waals surface area contributed by atoms with Gasteiger partial charge in [0.2, 0.25) is 0 Å². The van der Waals surface area contributed by atoms with Crippen LogP contribution in [0.2, 0.25) is 0 Å². The first-order valence-electron chi connectivity index (χ1n) is 5.45. The van der Waals surface area contributed by atoms with E-state index in [0.29, 0.717) is 19.3 Å². The number of carboxylic acid groups (broad SMARTS) is 1. The molecule has 0 bridgehead atoms. The van der Waals surface area contributed by atoms with E-state index in [1.807, 2.05) is 0 Å². The molecule has 0 aromatic carbocycles. The number of hydrogen-bond acceptors (Lipinski definition) is 4. The van der Waals surface area contributed by atoms with Crippen LogP contribution in [0.1, 0.15) is 38.5 Å². The van der Waals surface area contributed by atoms with Crippen molar-refractivity contribution in [1.82, 2.24) is 0 Å². The number of carbonyl (C=O) groups excluding carboxylic acids is 1. The Bertz CT molecular complexity index is 298. The fourth-order valence-electron chi connectivity index (χ4n) is 1.36. The van der Waals surface area contributed by atoms with Gasteiger partial charge in [-0.05, 0) is 18.4 Å². The number of carboxylic acids is 1. The SMILES string of the molecule is COC(=O)CCCCCCC(N=[N+]=[N-])C(=O)O. The van der Waals surface area contributed by atoms with E-state index in [1.54, 1.807) is 0 Å². The smallest absolute Gasteiger partial charge is 0.312 e. The van der Waals surface area contributed by atoms with E-state index < -0.39 is 12.0 Å². The summed E-state index contributed by atoms with van der Waals surface area (Å²) in [5, 5.41) is 11.9. The second kappa shape index (κ2) is 9.47. The van der Waals surface area contributed by atoms with Crippen molar-refractivity contribution in [2.75, 3.05) is 7.11 Å². The number of methoxy groups -OCH3 is 1. The normalized spacial score (nSPS) is 11.4. The van der Waals surface area contributed by atoms with Gasteiger partial charge in [-0.25, -0.2) is 0 Å². The zero-order valence-electron chi connectivity index (χ0n) is 9.83. The first kappa shape index (κ1) is 15.2. The number of unbranched alkanes of at least 4 members (excludes halogenated alkanes) is 3. The second-order valence-corrected chi connectivity index (χ2v) is 3.59. The van der Waals surface area contributed by atoms with Gasteiger partial charge < -0.3 is 9.84 Å². The molecule has 0 aliphatic rings. The van der Waals surface area contributed by atoms with Gasteiger partial charge in [-0.3, -0.25) is 9.59 Å². The Hall–Kier alpha value is -1.75. The maximum absolute atomic E-state index is 10.8. The largest absolute Gasteiger partial charge is 0.481 e. The molecule has 0 fully saturated rings. The Morgan fingerprint density at radius 1 is 1.35 bits per heavy atom. The molecule has 1 N–H and O–H groups in total. The lowest BCUT2D eigenvalue weighted by molar-refractivity contribution is -0.141. The quantitative estimate of drug-likeness (QED) is 0.220. The third-order valence-electron chi connectivity index (χ3n) is 2.31. The molecule has 96 valence electrons. The van der Waals surface area contributed by atoms with Crippen molar-refractivity contribution in [2.24, 2.45) is 5.11 Å². The van der Waals surface area contributed by atoms with Crippen molar-refractivity contribution in [3.05, 3.63) is 10.4 Å². The highest BCUT2D eigenvalue weighted by atomic mass is 16.5. The van der Waals surface area contributed by atoms with E-state index in [2.05, 4.69) is 14.8 Å². The monoisotopic (exact) mass is 243 g/mol. The summed E-state index contributed by atoms with van der Waals surface area (Å²) in [4.78, 5) is 23.9. The summed E-state index contributed by atoms with van der Waals surface area (Å²) in [6, 6.07) is -0.986. The topological polar surface area (TPSA) is 112 Å². The van der Waals surface area contributed by atoms with Crippen LogP contribution in [-0.4, -0.2) is 30.2 Å². The molecule has 1 unspecified atom stereocenters. The van der Waals surface area contributed by atoms with Gasteiger partial charge in [0.1, 0.15) is 6.04 Å².